The van der Waals surface area contributed by atoms with E-state index in [1.54, 1.807) is 6.92 Å². The molecule has 2 rings (SSSR count). The average Bonchev–Trinajstić information content (AvgIpc) is 2.42. The molecular formula is C15H12ClF4NO. The summed E-state index contributed by atoms with van der Waals surface area (Å²) in [6.07, 6.45) is -4.77. The summed E-state index contributed by atoms with van der Waals surface area (Å²) in [6, 6.07) is 7.06. The monoisotopic (exact) mass is 333 g/mol. The molecule has 0 radical (unpaired) electrons. The number of rotatable bonds is 3. The molecular weight excluding hydrogens is 322 g/mol. The first-order valence-corrected chi connectivity index (χ1v) is 6.62. The summed E-state index contributed by atoms with van der Waals surface area (Å²) in [5, 5.41) is 0.159. The van der Waals surface area contributed by atoms with Gasteiger partial charge in [0.25, 0.3) is 0 Å². The van der Waals surface area contributed by atoms with Crippen molar-refractivity contribution >= 4 is 11.6 Å². The summed E-state index contributed by atoms with van der Waals surface area (Å²) in [6.45, 7) is 1.57. The Balaban J connectivity index is 2.31. The quantitative estimate of drug-likeness (QED) is 0.824. The van der Waals surface area contributed by atoms with E-state index < -0.39 is 18.2 Å². The lowest BCUT2D eigenvalue weighted by atomic mass is 9.97. The van der Waals surface area contributed by atoms with Crippen LogP contribution in [0.15, 0.2) is 36.4 Å². The van der Waals surface area contributed by atoms with Gasteiger partial charge in [0.1, 0.15) is 11.6 Å². The van der Waals surface area contributed by atoms with E-state index in [4.69, 9.17) is 17.3 Å². The van der Waals surface area contributed by atoms with Gasteiger partial charge in [-0.25, -0.2) is 4.39 Å². The lowest BCUT2D eigenvalue weighted by Crippen LogP contribution is -2.18. The van der Waals surface area contributed by atoms with Crippen molar-refractivity contribution in [2.24, 2.45) is 5.73 Å². The Morgan fingerprint density at radius 2 is 1.68 bits per heavy atom. The number of aryl methyl sites for hydroxylation is 1. The topological polar surface area (TPSA) is 35.2 Å². The SMILES string of the molecule is Cc1ccc(Cl)c([C@@H](N)c2ccc(OC(F)(F)F)cc2)c1F. The highest BCUT2D eigenvalue weighted by molar-refractivity contribution is 6.31. The second-order valence-electron chi connectivity index (χ2n) is 4.69. The summed E-state index contributed by atoms with van der Waals surface area (Å²) in [7, 11) is 0. The van der Waals surface area contributed by atoms with Crippen LogP contribution in [0.25, 0.3) is 0 Å². The minimum atomic E-state index is -4.77. The fraction of sp³-hybridized carbons (Fsp3) is 0.200. The fourth-order valence-corrected chi connectivity index (χ4v) is 2.27. The van der Waals surface area contributed by atoms with Crippen molar-refractivity contribution in [1.82, 2.24) is 0 Å². The lowest BCUT2D eigenvalue weighted by molar-refractivity contribution is -0.274. The summed E-state index contributed by atoms with van der Waals surface area (Å²) in [5.74, 6) is -0.908. The van der Waals surface area contributed by atoms with E-state index >= 15 is 0 Å². The van der Waals surface area contributed by atoms with Crippen molar-refractivity contribution in [3.63, 3.8) is 0 Å². The zero-order valence-corrected chi connectivity index (χ0v) is 12.2. The van der Waals surface area contributed by atoms with Gasteiger partial charge in [0.2, 0.25) is 0 Å². The van der Waals surface area contributed by atoms with Gasteiger partial charge in [0.15, 0.2) is 0 Å². The van der Waals surface area contributed by atoms with Crippen LogP contribution in [0.5, 0.6) is 5.75 Å². The predicted molar refractivity (Wildman–Crippen MR) is 75.3 cm³/mol. The summed E-state index contributed by atoms with van der Waals surface area (Å²) in [4.78, 5) is 0. The van der Waals surface area contributed by atoms with E-state index in [9.17, 15) is 17.6 Å². The normalized spacial score (nSPS) is 13.0. The van der Waals surface area contributed by atoms with E-state index in [2.05, 4.69) is 4.74 Å². The minimum Gasteiger partial charge on any atom is -0.406 e. The number of nitrogens with two attached hydrogens (primary N) is 1. The van der Waals surface area contributed by atoms with E-state index in [1.807, 2.05) is 0 Å². The van der Waals surface area contributed by atoms with Crippen LogP contribution in [0.1, 0.15) is 22.7 Å². The zero-order valence-electron chi connectivity index (χ0n) is 11.4. The zero-order chi connectivity index (χ0) is 16.5. The molecule has 2 nitrogen and oxygen atoms in total. The highest BCUT2D eigenvalue weighted by atomic mass is 35.5. The van der Waals surface area contributed by atoms with Crippen LogP contribution in [-0.4, -0.2) is 6.36 Å². The average molecular weight is 334 g/mol. The van der Waals surface area contributed by atoms with Gasteiger partial charge in [0, 0.05) is 10.6 Å². The largest absolute Gasteiger partial charge is 0.573 e. The van der Waals surface area contributed by atoms with Crippen LogP contribution in [0.2, 0.25) is 5.02 Å². The molecule has 0 saturated heterocycles. The minimum absolute atomic E-state index is 0.103. The molecule has 7 heteroatoms. The second-order valence-corrected chi connectivity index (χ2v) is 5.09. The number of alkyl halides is 3. The van der Waals surface area contributed by atoms with Crippen LogP contribution in [0, 0.1) is 12.7 Å². The van der Waals surface area contributed by atoms with Gasteiger partial charge in [-0.05, 0) is 36.2 Å². The number of hydrogen-bond donors (Lipinski definition) is 1. The van der Waals surface area contributed by atoms with E-state index in [1.165, 1.54) is 24.3 Å². The fourth-order valence-electron chi connectivity index (χ4n) is 2.01. The molecule has 0 aromatic heterocycles. The van der Waals surface area contributed by atoms with Crippen LogP contribution >= 0.6 is 11.6 Å². The molecule has 0 heterocycles. The van der Waals surface area contributed by atoms with Crippen LogP contribution in [-0.2, 0) is 0 Å². The molecule has 0 amide bonds. The van der Waals surface area contributed by atoms with Crippen LogP contribution < -0.4 is 10.5 Å². The number of ether oxygens (including phenoxy) is 1. The maximum Gasteiger partial charge on any atom is 0.573 e. The van der Waals surface area contributed by atoms with Crippen molar-refractivity contribution in [2.75, 3.05) is 0 Å². The van der Waals surface area contributed by atoms with Gasteiger partial charge in [-0.2, -0.15) is 0 Å². The highest BCUT2D eigenvalue weighted by Gasteiger charge is 2.31. The van der Waals surface area contributed by atoms with Crippen molar-refractivity contribution in [3.05, 3.63) is 63.9 Å². The number of benzene rings is 2. The van der Waals surface area contributed by atoms with Gasteiger partial charge in [0.05, 0.1) is 6.04 Å². The smallest absolute Gasteiger partial charge is 0.406 e. The van der Waals surface area contributed by atoms with Gasteiger partial charge < -0.3 is 10.5 Å². The molecule has 0 aliphatic rings. The molecule has 2 aromatic rings. The maximum absolute atomic E-state index is 14.2. The predicted octanol–water partition coefficient (Wildman–Crippen LogP) is 4.73. The number of halogens is 5. The van der Waals surface area contributed by atoms with Crippen molar-refractivity contribution in [3.8, 4) is 5.75 Å². The molecule has 0 saturated carbocycles. The van der Waals surface area contributed by atoms with Crippen LogP contribution in [0.3, 0.4) is 0 Å². The molecule has 22 heavy (non-hydrogen) atoms. The molecule has 118 valence electrons. The highest BCUT2D eigenvalue weighted by Crippen LogP contribution is 2.32. The van der Waals surface area contributed by atoms with Crippen LogP contribution in [0.4, 0.5) is 17.6 Å². The molecule has 0 bridgehead atoms. The third-order valence-corrected chi connectivity index (χ3v) is 3.43. The third-order valence-electron chi connectivity index (χ3n) is 3.10. The number of hydrogen-bond acceptors (Lipinski definition) is 2. The molecule has 2 N–H and O–H groups in total. The Morgan fingerprint density at radius 1 is 1.09 bits per heavy atom. The first-order chi connectivity index (χ1) is 10.2. The molecule has 0 spiro atoms. The molecule has 0 aliphatic carbocycles. The van der Waals surface area contributed by atoms with E-state index in [-0.39, 0.29) is 16.3 Å². The molecule has 1 atom stereocenters. The van der Waals surface area contributed by atoms with E-state index in [0.29, 0.717) is 11.1 Å². The Hall–Kier alpha value is -1.79. The Morgan fingerprint density at radius 3 is 2.23 bits per heavy atom. The van der Waals surface area contributed by atoms with Crippen molar-refractivity contribution in [1.29, 1.82) is 0 Å². The van der Waals surface area contributed by atoms with Gasteiger partial charge in [-0.15, -0.1) is 13.2 Å². The standard InChI is InChI=1S/C15H12ClF4NO/c1-8-2-7-11(16)12(13(8)17)14(21)9-3-5-10(6-4-9)22-15(18,19)20/h2-7,14H,21H2,1H3/t14-/m0/s1. The maximum atomic E-state index is 14.2. The van der Waals surface area contributed by atoms with Crippen molar-refractivity contribution in [2.45, 2.75) is 19.3 Å². The first-order valence-electron chi connectivity index (χ1n) is 6.25. The van der Waals surface area contributed by atoms with Gasteiger partial charge in [-0.3, -0.25) is 0 Å². The van der Waals surface area contributed by atoms with Gasteiger partial charge >= 0.3 is 6.36 Å². The summed E-state index contributed by atoms with van der Waals surface area (Å²) >= 11 is 5.97. The Labute approximate surface area is 129 Å². The molecule has 0 unspecified atom stereocenters. The Bertz CT molecular complexity index is 670. The lowest BCUT2D eigenvalue weighted by Gasteiger charge is -2.17. The summed E-state index contributed by atoms with van der Waals surface area (Å²) < 4.78 is 54.2. The van der Waals surface area contributed by atoms with Crippen molar-refractivity contribution < 1.29 is 22.3 Å². The molecule has 0 aliphatic heterocycles. The molecule has 0 fully saturated rings. The third kappa shape index (κ3) is 3.69. The second kappa shape index (κ2) is 6.14. The van der Waals surface area contributed by atoms with E-state index in [0.717, 1.165) is 12.1 Å². The molecule has 2 aromatic carbocycles. The Kier molecular flexibility index (Phi) is 4.63. The van der Waals surface area contributed by atoms with Gasteiger partial charge in [-0.1, -0.05) is 29.8 Å². The summed E-state index contributed by atoms with van der Waals surface area (Å²) in [5.41, 5.74) is 6.88. The first kappa shape index (κ1) is 16.6.